The number of hydrogen-bond acceptors (Lipinski definition) is 3. The van der Waals surface area contributed by atoms with Crippen LogP contribution in [0.5, 0.6) is 0 Å². The van der Waals surface area contributed by atoms with Crippen LogP contribution in [0.2, 0.25) is 5.15 Å². The minimum Gasteiger partial charge on any atom is -0.294 e. The van der Waals surface area contributed by atoms with Crippen LogP contribution in [0, 0.1) is 5.92 Å². The molecule has 2 rings (SSSR count). The van der Waals surface area contributed by atoms with E-state index in [9.17, 15) is 0 Å². The van der Waals surface area contributed by atoms with Crippen LogP contribution in [-0.4, -0.2) is 27.5 Å². The molecule has 1 aliphatic carbocycles. The van der Waals surface area contributed by atoms with Gasteiger partial charge in [0.05, 0.1) is 18.1 Å². The van der Waals surface area contributed by atoms with E-state index in [1.54, 1.807) is 12.4 Å². The predicted molar refractivity (Wildman–Crippen MR) is 79.2 cm³/mol. The fourth-order valence-electron chi connectivity index (χ4n) is 2.71. The second-order valence-electron chi connectivity index (χ2n) is 5.92. The van der Waals surface area contributed by atoms with Crippen molar-refractivity contribution in [1.82, 2.24) is 14.9 Å². The lowest BCUT2D eigenvalue weighted by Gasteiger charge is -2.29. The van der Waals surface area contributed by atoms with Crippen molar-refractivity contribution in [3.63, 3.8) is 0 Å². The van der Waals surface area contributed by atoms with E-state index < -0.39 is 0 Å². The van der Waals surface area contributed by atoms with E-state index in [-0.39, 0.29) is 0 Å². The molecule has 106 valence electrons. The second-order valence-corrected chi connectivity index (χ2v) is 6.31. The standard InChI is InChI=1S/C15H24ClN3/c1-12(2)7-8-19(14-5-3-4-6-14)11-13-9-18-15(16)10-17-13/h9-10,12,14H,3-8,11H2,1-2H3. The van der Waals surface area contributed by atoms with Crippen LogP contribution in [0.25, 0.3) is 0 Å². The van der Waals surface area contributed by atoms with Crippen LogP contribution in [-0.2, 0) is 6.54 Å². The number of nitrogens with zero attached hydrogens (tertiary/aromatic N) is 3. The quantitative estimate of drug-likeness (QED) is 0.791. The highest BCUT2D eigenvalue weighted by Crippen LogP contribution is 2.25. The smallest absolute Gasteiger partial charge is 0.147 e. The number of hydrogen-bond donors (Lipinski definition) is 0. The van der Waals surface area contributed by atoms with Crippen molar-refractivity contribution in [3.05, 3.63) is 23.2 Å². The molecule has 0 spiro atoms. The van der Waals surface area contributed by atoms with Gasteiger partial charge in [0, 0.05) is 12.6 Å². The van der Waals surface area contributed by atoms with E-state index >= 15 is 0 Å². The average molecular weight is 282 g/mol. The molecular formula is C15H24ClN3. The first-order chi connectivity index (χ1) is 9.15. The van der Waals surface area contributed by atoms with Crippen molar-refractivity contribution in [2.75, 3.05) is 6.54 Å². The minimum absolute atomic E-state index is 0.471. The van der Waals surface area contributed by atoms with E-state index in [0.717, 1.165) is 30.7 Å². The Kier molecular flexibility index (Phi) is 5.59. The molecular weight excluding hydrogens is 258 g/mol. The Hall–Kier alpha value is -0.670. The summed E-state index contributed by atoms with van der Waals surface area (Å²) >= 11 is 5.79. The molecule has 1 saturated carbocycles. The molecule has 1 fully saturated rings. The highest BCUT2D eigenvalue weighted by atomic mass is 35.5. The van der Waals surface area contributed by atoms with E-state index in [4.69, 9.17) is 11.6 Å². The zero-order chi connectivity index (χ0) is 13.7. The first kappa shape index (κ1) is 14.7. The summed E-state index contributed by atoms with van der Waals surface area (Å²) in [6.07, 6.45) is 10.1. The average Bonchev–Trinajstić information content (AvgIpc) is 2.90. The van der Waals surface area contributed by atoms with Gasteiger partial charge in [-0.25, -0.2) is 4.98 Å². The maximum atomic E-state index is 5.79. The normalized spacial score (nSPS) is 16.7. The largest absolute Gasteiger partial charge is 0.294 e. The summed E-state index contributed by atoms with van der Waals surface area (Å²) in [5.74, 6) is 0.750. The summed E-state index contributed by atoms with van der Waals surface area (Å²) in [6.45, 7) is 6.64. The number of halogens is 1. The van der Waals surface area contributed by atoms with Crippen molar-refractivity contribution in [2.45, 2.75) is 58.5 Å². The van der Waals surface area contributed by atoms with Crippen LogP contribution >= 0.6 is 11.6 Å². The molecule has 3 nitrogen and oxygen atoms in total. The van der Waals surface area contributed by atoms with Crippen LogP contribution in [0.3, 0.4) is 0 Å². The maximum Gasteiger partial charge on any atom is 0.147 e. The van der Waals surface area contributed by atoms with Crippen LogP contribution in [0.15, 0.2) is 12.4 Å². The lowest BCUT2D eigenvalue weighted by atomic mass is 10.1. The third kappa shape index (κ3) is 4.73. The monoisotopic (exact) mass is 281 g/mol. The molecule has 0 radical (unpaired) electrons. The van der Waals surface area contributed by atoms with Gasteiger partial charge in [-0.3, -0.25) is 9.88 Å². The van der Waals surface area contributed by atoms with Crippen LogP contribution in [0.4, 0.5) is 0 Å². The van der Waals surface area contributed by atoms with Crippen molar-refractivity contribution < 1.29 is 0 Å². The van der Waals surface area contributed by atoms with E-state index in [2.05, 4.69) is 28.7 Å². The highest BCUT2D eigenvalue weighted by Gasteiger charge is 2.22. The van der Waals surface area contributed by atoms with Gasteiger partial charge in [-0.2, -0.15) is 0 Å². The molecule has 0 aliphatic heterocycles. The topological polar surface area (TPSA) is 29.0 Å². The third-order valence-corrected chi connectivity index (χ3v) is 4.07. The molecule has 0 atom stereocenters. The molecule has 0 aromatic carbocycles. The summed E-state index contributed by atoms with van der Waals surface area (Å²) in [5.41, 5.74) is 1.03. The fraction of sp³-hybridized carbons (Fsp3) is 0.733. The number of rotatable bonds is 6. The van der Waals surface area contributed by atoms with E-state index in [1.807, 2.05) is 0 Å². The Balaban J connectivity index is 1.97. The Morgan fingerprint density at radius 1 is 1.26 bits per heavy atom. The molecule has 1 aromatic heterocycles. The SMILES string of the molecule is CC(C)CCN(Cc1cnc(Cl)cn1)C1CCCC1. The van der Waals surface area contributed by atoms with Crippen LogP contribution < -0.4 is 0 Å². The number of aromatic nitrogens is 2. The first-order valence-electron chi connectivity index (χ1n) is 7.35. The lowest BCUT2D eigenvalue weighted by Crippen LogP contribution is -2.34. The zero-order valence-corrected chi connectivity index (χ0v) is 12.7. The molecule has 1 heterocycles. The van der Waals surface area contributed by atoms with Crippen molar-refractivity contribution in [2.24, 2.45) is 5.92 Å². The minimum atomic E-state index is 0.471. The van der Waals surface area contributed by atoms with Crippen molar-refractivity contribution in [1.29, 1.82) is 0 Å². The van der Waals surface area contributed by atoms with Crippen molar-refractivity contribution in [3.8, 4) is 0 Å². The Morgan fingerprint density at radius 2 is 2.00 bits per heavy atom. The summed E-state index contributed by atoms with van der Waals surface area (Å²) < 4.78 is 0. The molecule has 1 aromatic rings. The molecule has 0 saturated heterocycles. The van der Waals surface area contributed by atoms with Gasteiger partial charge in [-0.15, -0.1) is 0 Å². The van der Waals surface area contributed by atoms with Gasteiger partial charge < -0.3 is 0 Å². The summed E-state index contributed by atoms with van der Waals surface area (Å²) in [5, 5.41) is 0.471. The predicted octanol–water partition coefficient (Wildman–Crippen LogP) is 3.92. The van der Waals surface area contributed by atoms with Gasteiger partial charge >= 0.3 is 0 Å². The van der Waals surface area contributed by atoms with Crippen LogP contribution in [0.1, 0.15) is 51.6 Å². The van der Waals surface area contributed by atoms with E-state index in [1.165, 1.54) is 32.1 Å². The van der Waals surface area contributed by atoms with Gasteiger partial charge in [0.1, 0.15) is 5.15 Å². The molecule has 0 bridgehead atoms. The Labute approximate surface area is 121 Å². The molecule has 0 unspecified atom stereocenters. The maximum absolute atomic E-state index is 5.79. The van der Waals surface area contributed by atoms with Gasteiger partial charge in [0.25, 0.3) is 0 Å². The Morgan fingerprint density at radius 3 is 2.58 bits per heavy atom. The molecule has 0 amide bonds. The molecule has 19 heavy (non-hydrogen) atoms. The Bertz CT molecular complexity index is 371. The zero-order valence-electron chi connectivity index (χ0n) is 12.0. The molecule has 4 heteroatoms. The third-order valence-electron chi connectivity index (χ3n) is 3.87. The summed E-state index contributed by atoms with van der Waals surface area (Å²) in [7, 11) is 0. The van der Waals surface area contributed by atoms with Crippen molar-refractivity contribution >= 4 is 11.6 Å². The fourth-order valence-corrected chi connectivity index (χ4v) is 2.81. The second kappa shape index (κ2) is 7.20. The molecule has 1 aliphatic rings. The van der Waals surface area contributed by atoms with Gasteiger partial charge in [0.15, 0.2) is 0 Å². The van der Waals surface area contributed by atoms with Gasteiger partial charge in [-0.1, -0.05) is 38.3 Å². The first-order valence-corrected chi connectivity index (χ1v) is 7.73. The van der Waals surface area contributed by atoms with Gasteiger partial charge in [0.2, 0.25) is 0 Å². The summed E-state index contributed by atoms with van der Waals surface area (Å²) in [6, 6.07) is 0.733. The lowest BCUT2D eigenvalue weighted by molar-refractivity contribution is 0.177. The summed E-state index contributed by atoms with van der Waals surface area (Å²) in [4.78, 5) is 11.1. The molecule has 0 N–H and O–H groups in total. The van der Waals surface area contributed by atoms with Gasteiger partial charge in [-0.05, 0) is 31.7 Å². The highest BCUT2D eigenvalue weighted by molar-refractivity contribution is 6.29. The van der Waals surface area contributed by atoms with E-state index in [0.29, 0.717) is 5.15 Å².